The average molecular weight is 570 g/mol. The van der Waals surface area contributed by atoms with Crippen LogP contribution in [0.2, 0.25) is 0 Å². The van der Waals surface area contributed by atoms with E-state index in [1.54, 1.807) is 66.9 Å². The molecular formula is C28H29F2N5O6. The van der Waals surface area contributed by atoms with E-state index in [-0.39, 0.29) is 29.7 Å². The number of aryl methyl sites for hydroxylation is 1. The summed E-state index contributed by atoms with van der Waals surface area (Å²) >= 11 is 0. The summed E-state index contributed by atoms with van der Waals surface area (Å²) in [7, 11) is 3.12. The van der Waals surface area contributed by atoms with Crippen LogP contribution in [0.1, 0.15) is 37.0 Å². The summed E-state index contributed by atoms with van der Waals surface area (Å²) in [6.07, 6.45) is 7.35. The second kappa shape index (κ2) is 11.4. The number of alkyl halides is 2. The van der Waals surface area contributed by atoms with Crippen LogP contribution in [-0.2, 0) is 16.6 Å². The van der Waals surface area contributed by atoms with Crippen molar-refractivity contribution >= 4 is 17.5 Å². The van der Waals surface area contributed by atoms with Crippen LogP contribution in [0.25, 0.3) is 28.0 Å². The van der Waals surface area contributed by atoms with E-state index >= 15 is 0 Å². The number of carbonyl (C=O) groups is 2. The van der Waals surface area contributed by atoms with Crippen LogP contribution >= 0.6 is 0 Å². The molecule has 0 aliphatic heterocycles. The molecule has 1 unspecified atom stereocenters. The summed E-state index contributed by atoms with van der Waals surface area (Å²) in [5, 5.41) is 7.01. The second-order valence-corrected chi connectivity index (χ2v) is 9.52. The Kier molecular flexibility index (Phi) is 7.77. The molecule has 1 amide bonds. The Morgan fingerprint density at radius 3 is 2.46 bits per heavy atom. The maximum atomic E-state index is 13.4. The van der Waals surface area contributed by atoms with Crippen LogP contribution in [0.15, 0.2) is 43.0 Å². The van der Waals surface area contributed by atoms with E-state index in [0.717, 1.165) is 18.4 Å². The molecule has 1 aliphatic rings. The van der Waals surface area contributed by atoms with Gasteiger partial charge in [0.25, 0.3) is 5.91 Å². The molecule has 0 saturated heterocycles. The first-order valence-corrected chi connectivity index (χ1v) is 13.0. The number of pyridine rings is 1. The Labute approximate surface area is 234 Å². The second-order valence-electron chi connectivity index (χ2n) is 9.52. The predicted octanol–water partition coefficient (Wildman–Crippen LogP) is 4.23. The van der Waals surface area contributed by atoms with E-state index in [1.807, 2.05) is 0 Å². The van der Waals surface area contributed by atoms with Crippen molar-refractivity contribution in [2.24, 2.45) is 7.05 Å². The molecule has 216 valence electrons. The monoisotopic (exact) mass is 569 g/mol. The molecule has 41 heavy (non-hydrogen) atoms. The van der Waals surface area contributed by atoms with Crippen LogP contribution in [0.3, 0.4) is 0 Å². The van der Waals surface area contributed by atoms with Gasteiger partial charge in [-0.05, 0) is 44.9 Å². The molecule has 0 radical (unpaired) electrons. The van der Waals surface area contributed by atoms with Crippen molar-refractivity contribution in [3.05, 3.63) is 48.5 Å². The van der Waals surface area contributed by atoms with E-state index in [9.17, 15) is 18.4 Å². The van der Waals surface area contributed by atoms with E-state index in [2.05, 4.69) is 15.4 Å². The topological polar surface area (TPSA) is 118 Å². The van der Waals surface area contributed by atoms with Crippen LogP contribution in [0.5, 0.6) is 17.2 Å². The van der Waals surface area contributed by atoms with Gasteiger partial charge >= 0.3 is 12.6 Å². The van der Waals surface area contributed by atoms with Crippen molar-refractivity contribution in [2.45, 2.75) is 45.4 Å². The number of imidazole rings is 1. The van der Waals surface area contributed by atoms with Gasteiger partial charge in [0.2, 0.25) is 0 Å². The number of methoxy groups -OCH3 is 1. The number of aromatic nitrogens is 4. The van der Waals surface area contributed by atoms with Gasteiger partial charge in [-0.25, -0.2) is 9.78 Å². The summed E-state index contributed by atoms with van der Waals surface area (Å²) in [4.78, 5) is 29.8. The minimum absolute atomic E-state index is 0.00511. The molecule has 4 aromatic rings. The molecule has 1 saturated carbocycles. The Morgan fingerprint density at radius 2 is 1.83 bits per heavy atom. The highest BCUT2D eigenvalue weighted by Crippen LogP contribution is 2.39. The third kappa shape index (κ3) is 5.93. The summed E-state index contributed by atoms with van der Waals surface area (Å²) in [5.74, 6) is -1.03. The first kappa shape index (κ1) is 27.9. The maximum Gasteiger partial charge on any atom is 0.387 e. The summed E-state index contributed by atoms with van der Waals surface area (Å²) in [5.41, 5.74) is 2.60. The van der Waals surface area contributed by atoms with Crippen molar-refractivity contribution in [1.82, 2.24) is 24.5 Å². The van der Waals surface area contributed by atoms with E-state index in [0.29, 0.717) is 28.2 Å². The fraction of sp³-hybridized carbons (Fsp3) is 0.357. The number of hydrogen-bond donors (Lipinski definition) is 1. The van der Waals surface area contributed by atoms with Crippen molar-refractivity contribution in [2.75, 3.05) is 13.7 Å². The van der Waals surface area contributed by atoms with Crippen LogP contribution in [0.4, 0.5) is 8.78 Å². The normalized spacial score (nSPS) is 13.7. The lowest BCUT2D eigenvalue weighted by Gasteiger charge is -2.18. The standard InChI is InChI=1S/C28H29F2N5O6/c1-5-39-27(37)15(2)40-23-14-35-20(12-31-24(35)10-19(23)17-11-32-34(3)13-17)16-8-21(38-4)25(22(9-16)41-28(29)30)26(36)33-18-6-7-18/h8-15,18,28H,5-7H2,1-4H3,(H,33,36). The number of hydrogen-bond acceptors (Lipinski definition) is 8. The molecule has 3 heterocycles. The quantitative estimate of drug-likeness (QED) is 0.267. The number of fused-ring (bicyclic) bond motifs is 1. The molecule has 1 N–H and O–H groups in total. The van der Waals surface area contributed by atoms with Gasteiger partial charge < -0.3 is 24.3 Å². The summed E-state index contributed by atoms with van der Waals surface area (Å²) in [6, 6.07) is 4.66. The van der Waals surface area contributed by atoms with Crippen molar-refractivity contribution in [1.29, 1.82) is 0 Å². The van der Waals surface area contributed by atoms with Gasteiger partial charge in [-0.1, -0.05) is 0 Å². The number of nitrogens with zero attached hydrogens (tertiary/aromatic N) is 4. The maximum absolute atomic E-state index is 13.4. The first-order valence-electron chi connectivity index (χ1n) is 13.0. The lowest BCUT2D eigenvalue weighted by atomic mass is 10.1. The molecule has 1 aromatic carbocycles. The van der Waals surface area contributed by atoms with Gasteiger partial charge in [-0.15, -0.1) is 0 Å². The Morgan fingerprint density at radius 1 is 1.07 bits per heavy atom. The smallest absolute Gasteiger partial charge is 0.387 e. The highest BCUT2D eigenvalue weighted by Gasteiger charge is 2.29. The average Bonchev–Trinajstić information content (AvgIpc) is 3.48. The van der Waals surface area contributed by atoms with E-state index in [1.165, 1.54) is 13.2 Å². The SMILES string of the molecule is CCOC(=O)C(C)Oc1cn2c(-c3cc(OC)c(C(=O)NC4CC4)c(OC(F)F)c3)cnc2cc1-c1cnn(C)c1. The minimum Gasteiger partial charge on any atom is -0.496 e. The van der Waals surface area contributed by atoms with Gasteiger partial charge in [-0.2, -0.15) is 13.9 Å². The van der Waals surface area contributed by atoms with Crippen molar-refractivity contribution in [3.8, 4) is 39.6 Å². The number of rotatable bonds is 11. The molecular weight excluding hydrogens is 540 g/mol. The lowest BCUT2D eigenvalue weighted by molar-refractivity contribution is -0.150. The zero-order chi connectivity index (χ0) is 29.3. The van der Waals surface area contributed by atoms with Crippen LogP contribution < -0.4 is 19.5 Å². The van der Waals surface area contributed by atoms with E-state index < -0.39 is 24.6 Å². The fourth-order valence-electron chi connectivity index (χ4n) is 4.39. The highest BCUT2D eigenvalue weighted by atomic mass is 19.3. The first-order chi connectivity index (χ1) is 19.7. The molecule has 1 fully saturated rings. The number of carbonyl (C=O) groups excluding carboxylic acids is 2. The minimum atomic E-state index is -3.17. The largest absolute Gasteiger partial charge is 0.496 e. The molecule has 13 heteroatoms. The Bertz CT molecular complexity index is 1600. The Balaban J connectivity index is 1.63. The van der Waals surface area contributed by atoms with Gasteiger partial charge in [-0.3, -0.25) is 13.9 Å². The number of benzene rings is 1. The highest BCUT2D eigenvalue weighted by molar-refractivity contribution is 6.01. The van der Waals surface area contributed by atoms with Gasteiger partial charge in [0.05, 0.1) is 38.0 Å². The van der Waals surface area contributed by atoms with Crippen LogP contribution in [0, 0.1) is 0 Å². The number of amides is 1. The number of nitrogens with one attached hydrogen (secondary N) is 1. The molecule has 1 atom stereocenters. The lowest BCUT2D eigenvalue weighted by Crippen LogP contribution is -2.27. The number of halogens is 2. The number of ether oxygens (including phenoxy) is 4. The van der Waals surface area contributed by atoms with E-state index in [4.69, 9.17) is 18.9 Å². The molecule has 11 nitrogen and oxygen atoms in total. The molecule has 0 bridgehead atoms. The Hall–Kier alpha value is -4.68. The van der Waals surface area contributed by atoms with Crippen LogP contribution in [-0.4, -0.2) is 63.5 Å². The predicted molar refractivity (Wildman–Crippen MR) is 143 cm³/mol. The summed E-state index contributed by atoms with van der Waals surface area (Å²) < 4.78 is 51.5. The number of esters is 1. The third-order valence-corrected chi connectivity index (χ3v) is 6.49. The van der Waals surface area contributed by atoms with Gasteiger partial charge in [0.1, 0.15) is 28.5 Å². The van der Waals surface area contributed by atoms with Gasteiger partial charge in [0.15, 0.2) is 6.10 Å². The zero-order valence-electron chi connectivity index (χ0n) is 22.9. The molecule has 0 spiro atoms. The zero-order valence-corrected chi connectivity index (χ0v) is 22.9. The van der Waals surface area contributed by atoms with Gasteiger partial charge in [0, 0.05) is 36.0 Å². The molecule has 3 aromatic heterocycles. The molecule has 1 aliphatic carbocycles. The third-order valence-electron chi connectivity index (χ3n) is 6.49. The van der Waals surface area contributed by atoms with Crippen molar-refractivity contribution in [3.63, 3.8) is 0 Å². The summed E-state index contributed by atoms with van der Waals surface area (Å²) in [6.45, 7) is 0.313. The fourth-order valence-corrected chi connectivity index (χ4v) is 4.39. The molecule has 5 rings (SSSR count). The van der Waals surface area contributed by atoms with Crippen molar-refractivity contribution < 1.29 is 37.3 Å².